The third-order valence-electron chi connectivity index (χ3n) is 6.45. The summed E-state index contributed by atoms with van der Waals surface area (Å²) < 4.78 is 0. The van der Waals surface area contributed by atoms with Crippen LogP contribution >= 0.6 is 0 Å². The Morgan fingerprint density at radius 1 is 0.969 bits per heavy atom. The van der Waals surface area contributed by atoms with Gasteiger partial charge in [0.25, 0.3) is 0 Å². The average Bonchev–Trinajstić information content (AvgIpc) is 2.56. The van der Waals surface area contributed by atoms with Crippen molar-refractivity contribution in [1.82, 2.24) is 20.3 Å². The zero-order chi connectivity index (χ0) is 24.5. The summed E-state index contributed by atoms with van der Waals surface area (Å²) >= 11 is 0. The summed E-state index contributed by atoms with van der Waals surface area (Å²) in [4.78, 5) is 17.1. The van der Waals surface area contributed by atoms with Crippen molar-refractivity contribution in [2.75, 3.05) is 17.3 Å². The Kier molecular flexibility index (Phi) is 7.91. The van der Waals surface area contributed by atoms with Crippen LogP contribution in [0, 0.1) is 5.41 Å². The van der Waals surface area contributed by atoms with Crippen LogP contribution in [0.1, 0.15) is 120 Å². The Labute approximate surface area is 197 Å². The van der Waals surface area contributed by atoms with Gasteiger partial charge in [-0.25, -0.2) is 0 Å². The lowest BCUT2D eigenvalue weighted by Crippen LogP contribution is -2.62. The highest BCUT2D eigenvalue weighted by Gasteiger charge is 2.40. The van der Waals surface area contributed by atoms with Crippen molar-refractivity contribution in [3.63, 3.8) is 0 Å². The quantitative estimate of drug-likeness (QED) is 0.499. The molecule has 0 atom stereocenters. The second-order valence-corrected chi connectivity index (χ2v) is 13.1. The van der Waals surface area contributed by atoms with Crippen molar-refractivity contribution in [3.05, 3.63) is 5.82 Å². The van der Waals surface area contributed by atoms with Crippen LogP contribution in [0.2, 0.25) is 0 Å². The Balaban J connectivity index is 2.43. The van der Waals surface area contributed by atoms with Gasteiger partial charge in [-0.2, -0.15) is 15.0 Å². The molecule has 1 fully saturated rings. The number of nitrogens with zero attached hydrogens (tertiary/aromatic N) is 4. The lowest BCUT2D eigenvalue weighted by atomic mass is 9.79. The maximum atomic E-state index is 4.99. The largest absolute Gasteiger partial charge is 0.349 e. The fourth-order valence-corrected chi connectivity index (χ4v) is 5.81. The summed E-state index contributed by atoms with van der Waals surface area (Å²) in [5, 5.41) is 7.44. The van der Waals surface area contributed by atoms with Crippen LogP contribution in [0.15, 0.2) is 0 Å². The summed E-state index contributed by atoms with van der Waals surface area (Å²) in [6, 6.07) is 0.369. The molecule has 1 aliphatic heterocycles. The number of hydrogen-bond donors (Lipinski definition) is 2. The lowest BCUT2D eigenvalue weighted by molar-refractivity contribution is 0.160. The van der Waals surface area contributed by atoms with Crippen molar-refractivity contribution in [1.29, 1.82) is 0 Å². The molecule has 32 heavy (non-hydrogen) atoms. The van der Waals surface area contributed by atoms with Crippen LogP contribution in [0.5, 0.6) is 0 Å². The number of aromatic nitrogens is 3. The summed E-state index contributed by atoms with van der Waals surface area (Å²) in [6.07, 6.45) is 5.19. The van der Waals surface area contributed by atoms with Crippen molar-refractivity contribution >= 4 is 11.9 Å². The van der Waals surface area contributed by atoms with E-state index in [-0.39, 0.29) is 22.0 Å². The summed E-state index contributed by atoms with van der Waals surface area (Å²) in [6.45, 7) is 24.9. The van der Waals surface area contributed by atoms with Crippen molar-refractivity contribution < 1.29 is 0 Å². The number of anilines is 2. The zero-order valence-electron chi connectivity index (χ0n) is 23.0. The SMILES string of the molecule is CCC(CC)c1nc(NC(C)(C)CC(C)(C)C)nc(N(C)C2CC(C)(C)NC(C)(C)C2)n1. The van der Waals surface area contributed by atoms with Crippen LogP contribution < -0.4 is 15.5 Å². The maximum absolute atomic E-state index is 4.99. The van der Waals surface area contributed by atoms with Gasteiger partial charge in [-0.1, -0.05) is 34.6 Å². The molecule has 0 saturated carbocycles. The fraction of sp³-hybridized carbons (Fsp3) is 0.885. The second kappa shape index (κ2) is 9.44. The minimum Gasteiger partial charge on any atom is -0.349 e. The van der Waals surface area contributed by atoms with Gasteiger partial charge in [-0.15, -0.1) is 0 Å². The van der Waals surface area contributed by atoms with E-state index in [1.54, 1.807) is 0 Å². The van der Waals surface area contributed by atoms with Gasteiger partial charge in [-0.05, 0) is 79.1 Å². The molecule has 2 N–H and O–H groups in total. The van der Waals surface area contributed by atoms with Gasteiger partial charge >= 0.3 is 0 Å². The Bertz CT molecular complexity index is 742. The van der Waals surface area contributed by atoms with Gasteiger partial charge in [0, 0.05) is 35.6 Å². The average molecular weight is 447 g/mol. The molecule has 2 heterocycles. The first-order valence-electron chi connectivity index (χ1n) is 12.5. The number of nitrogens with one attached hydrogen (secondary N) is 2. The number of rotatable bonds is 8. The van der Waals surface area contributed by atoms with E-state index < -0.39 is 0 Å². The third kappa shape index (κ3) is 7.57. The van der Waals surface area contributed by atoms with E-state index in [4.69, 9.17) is 15.0 Å². The molecule has 1 aromatic heterocycles. The van der Waals surface area contributed by atoms with E-state index in [1.165, 1.54) is 0 Å². The second-order valence-electron chi connectivity index (χ2n) is 13.1. The smallest absolute Gasteiger partial charge is 0.230 e. The van der Waals surface area contributed by atoms with E-state index in [9.17, 15) is 0 Å². The molecule has 0 radical (unpaired) electrons. The van der Waals surface area contributed by atoms with Crippen LogP contribution in [0.3, 0.4) is 0 Å². The highest BCUT2D eigenvalue weighted by atomic mass is 15.3. The highest BCUT2D eigenvalue weighted by Crippen LogP contribution is 2.34. The topological polar surface area (TPSA) is 66.0 Å². The molecular weight excluding hydrogens is 396 g/mol. The third-order valence-corrected chi connectivity index (χ3v) is 6.45. The molecule has 2 rings (SSSR count). The standard InChI is InChI=1S/C26H50N6/c1-13-18(14-2)20-27-21(30-26(10,11)17-23(3,4)5)29-22(28-20)32(12)19-15-24(6,7)31-25(8,9)16-19/h18-19,31H,13-17H2,1-12H3,(H,27,28,29,30). The van der Waals surface area contributed by atoms with Crippen molar-refractivity contribution in [2.24, 2.45) is 5.41 Å². The molecule has 0 unspecified atom stereocenters. The van der Waals surface area contributed by atoms with Crippen molar-refractivity contribution in [2.45, 2.75) is 137 Å². The normalized spacial score (nSPS) is 19.3. The van der Waals surface area contributed by atoms with Gasteiger partial charge in [0.2, 0.25) is 11.9 Å². The van der Waals surface area contributed by atoms with Crippen LogP contribution in [0.25, 0.3) is 0 Å². The Hall–Kier alpha value is -1.43. The van der Waals surface area contributed by atoms with Crippen LogP contribution in [0.4, 0.5) is 11.9 Å². The predicted octanol–water partition coefficient (Wildman–Crippen LogP) is 6.15. The molecule has 6 nitrogen and oxygen atoms in total. The van der Waals surface area contributed by atoms with Crippen LogP contribution in [-0.2, 0) is 0 Å². The van der Waals surface area contributed by atoms with Gasteiger partial charge in [0.1, 0.15) is 5.82 Å². The molecule has 0 amide bonds. The first kappa shape index (κ1) is 26.8. The first-order chi connectivity index (χ1) is 14.5. The molecule has 6 heteroatoms. The minimum atomic E-state index is -0.112. The minimum absolute atomic E-state index is 0.0711. The molecule has 184 valence electrons. The maximum Gasteiger partial charge on any atom is 0.230 e. The van der Waals surface area contributed by atoms with Gasteiger partial charge < -0.3 is 15.5 Å². The van der Waals surface area contributed by atoms with Gasteiger partial charge in [0.05, 0.1) is 0 Å². The molecule has 0 aliphatic carbocycles. The number of hydrogen-bond acceptors (Lipinski definition) is 6. The number of piperidine rings is 1. The fourth-order valence-electron chi connectivity index (χ4n) is 5.81. The van der Waals surface area contributed by atoms with E-state index in [1.807, 2.05) is 0 Å². The molecule has 1 aliphatic rings. The highest BCUT2D eigenvalue weighted by molar-refractivity contribution is 5.40. The molecular formula is C26H50N6. The Morgan fingerprint density at radius 3 is 1.97 bits per heavy atom. The van der Waals surface area contributed by atoms with E-state index in [2.05, 4.69) is 98.7 Å². The molecule has 0 bridgehead atoms. The molecule has 1 saturated heterocycles. The van der Waals surface area contributed by atoms with Crippen molar-refractivity contribution in [3.8, 4) is 0 Å². The monoisotopic (exact) mass is 446 g/mol. The van der Waals surface area contributed by atoms with Crippen LogP contribution in [-0.4, -0.2) is 44.7 Å². The zero-order valence-corrected chi connectivity index (χ0v) is 23.0. The molecule has 0 spiro atoms. The summed E-state index contributed by atoms with van der Waals surface area (Å²) in [5.41, 5.74) is 0.246. The molecule has 1 aromatic rings. The van der Waals surface area contributed by atoms with E-state index in [0.29, 0.717) is 17.9 Å². The summed E-state index contributed by atoms with van der Waals surface area (Å²) in [7, 11) is 2.15. The molecule has 0 aromatic carbocycles. The Morgan fingerprint density at radius 2 is 1.50 bits per heavy atom. The first-order valence-corrected chi connectivity index (χ1v) is 12.5. The van der Waals surface area contributed by atoms with Gasteiger partial charge in [0.15, 0.2) is 0 Å². The van der Waals surface area contributed by atoms with Gasteiger partial charge in [-0.3, -0.25) is 0 Å². The van der Waals surface area contributed by atoms with E-state index in [0.717, 1.165) is 43.9 Å². The summed E-state index contributed by atoms with van der Waals surface area (Å²) in [5.74, 6) is 2.74. The van der Waals surface area contributed by atoms with E-state index >= 15 is 0 Å². The lowest BCUT2D eigenvalue weighted by Gasteiger charge is -2.49. The predicted molar refractivity (Wildman–Crippen MR) is 138 cm³/mol.